The summed E-state index contributed by atoms with van der Waals surface area (Å²) in [6.07, 6.45) is 0. The summed E-state index contributed by atoms with van der Waals surface area (Å²) in [5, 5.41) is 5.66. The Morgan fingerprint density at radius 2 is 1.86 bits per heavy atom. The molecule has 0 saturated carbocycles. The number of amides is 1. The molecule has 0 bridgehead atoms. The first kappa shape index (κ1) is 19.1. The maximum atomic E-state index is 13.3. The van der Waals surface area contributed by atoms with E-state index >= 15 is 0 Å². The molecule has 8 heteroatoms. The molecule has 0 spiro atoms. The van der Waals surface area contributed by atoms with Gasteiger partial charge in [-0.25, -0.2) is 14.4 Å². The minimum Gasteiger partial charge on any atom is -0.497 e. The van der Waals surface area contributed by atoms with E-state index in [2.05, 4.69) is 20.6 Å². The second-order valence-electron chi connectivity index (χ2n) is 5.87. The Morgan fingerprint density at radius 3 is 2.57 bits per heavy atom. The van der Waals surface area contributed by atoms with E-state index in [1.54, 1.807) is 51.5 Å². The van der Waals surface area contributed by atoms with Crippen LogP contribution in [0, 0.1) is 12.7 Å². The third-order valence-corrected chi connectivity index (χ3v) is 3.82. The number of hydrogen-bond donors (Lipinski definition) is 2. The van der Waals surface area contributed by atoms with Crippen molar-refractivity contribution in [3.8, 4) is 11.5 Å². The van der Waals surface area contributed by atoms with Crippen LogP contribution in [-0.4, -0.2) is 30.1 Å². The number of aryl methyl sites for hydroxylation is 1. The highest BCUT2D eigenvalue weighted by Gasteiger charge is 2.13. The van der Waals surface area contributed by atoms with E-state index in [1.165, 1.54) is 18.2 Å². The third-order valence-electron chi connectivity index (χ3n) is 3.82. The Hall–Kier alpha value is -3.68. The molecule has 0 saturated heterocycles. The molecule has 0 aliphatic rings. The van der Waals surface area contributed by atoms with Crippen molar-refractivity contribution in [3.05, 3.63) is 65.7 Å². The highest BCUT2D eigenvalue weighted by Crippen LogP contribution is 2.30. The number of benzene rings is 2. The van der Waals surface area contributed by atoms with Gasteiger partial charge in [-0.3, -0.25) is 4.79 Å². The van der Waals surface area contributed by atoms with Crippen molar-refractivity contribution >= 4 is 23.2 Å². The molecular formula is C20H19FN4O3. The predicted molar refractivity (Wildman–Crippen MR) is 104 cm³/mol. The molecule has 0 radical (unpaired) electrons. The average Bonchev–Trinajstić information content (AvgIpc) is 2.67. The number of nitrogens with zero attached hydrogens (tertiary/aromatic N) is 2. The first-order chi connectivity index (χ1) is 13.5. The maximum Gasteiger partial charge on any atom is 0.274 e. The van der Waals surface area contributed by atoms with Gasteiger partial charge in [0.2, 0.25) is 5.95 Å². The number of carbonyl (C=O) groups is 1. The molecular weight excluding hydrogens is 363 g/mol. The smallest absolute Gasteiger partial charge is 0.274 e. The fraction of sp³-hybridized carbons (Fsp3) is 0.150. The van der Waals surface area contributed by atoms with Crippen LogP contribution in [0.15, 0.2) is 48.5 Å². The van der Waals surface area contributed by atoms with E-state index in [4.69, 9.17) is 9.47 Å². The summed E-state index contributed by atoms with van der Waals surface area (Å²) in [5.74, 6) is 0.494. The van der Waals surface area contributed by atoms with Gasteiger partial charge in [-0.05, 0) is 43.3 Å². The third kappa shape index (κ3) is 4.53. The van der Waals surface area contributed by atoms with Crippen molar-refractivity contribution in [3.63, 3.8) is 0 Å². The summed E-state index contributed by atoms with van der Waals surface area (Å²) < 4.78 is 23.9. The molecule has 0 aliphatic carbocycles. The lowest BCUT2D eigenvalue weighted by Gasteiger charge is -2.13. The monoisotopic (exact) mass is 382 g/mol. The number of rotatable bonds is 6. The van der Waals surface area contributed by atoms with Gasteiger partial charge in [-0.15, -0.1) is 0 Å². The summed E-state index contributed by atoms with van der Waals surface area (Å²) in [6, 6.07) is 12.4. The Morgan fingerprint density at radius 1 is 1.04 bits per heavy atom. The number of anilines is 3. The molecule has 0 fully saturated rings. The van der Waals surface area contributed by atoms with Gasteiger partial charge in [0, 0.05) is 17.4 Å². The number of nitrogens with one attached hydrogen (secondary N) is 2. The van der Waals surface area contributed by atoms with E-state index in [1.807, 2.05) is 0 Å². The summed E-state index contributed by atoms with van der Waals surface area (Å²) in [5.41, 5.74) is 1.65. The second kappa shape index (κ2) is 8.34. The standard InChI is InChI=1S/C20H19FN4O3/c1-12-9-17(19(26)23-14-6-4-5-13(21)10-14)25-20(22-12)24-16-11-15(27-2)7-8-18(16)28-3/h4-11H,1-3H3,(H,23,26)(H,22,24,25). The predicted octanol–water partition coefficient (Wildman–Crippen LogP) is 3.94. The molecule has 28 heavy (non-hydrogen) atoms. The maximum absolute atomic E-state index is 13.3. The molecule has 3 rings (SSSR count). The van der Waals surface area contributed by atoms with Crippen LogP contribution in [0.3, 0.4) is 0 Å². The van der Waals surface area contributed by atoms with Gasteiger partial charge < -0.3 is 20.1 Å². The van der Waals surface area contributed by atoms with Gasteiger partial charge in [0.25, 0.3) is 5.91 Å². The lowest BCUT2D eigenvalue weighted by atomic mass is 10.2. The lowest BCUT2D eigenvalue weighted by Crippen LogP contribution is -2.15. The fourth-order valence-corrected chi connectivity index (χ4v) is 2.53. The van der Waals surface area contributed by atoms with Gasteiger partial charge in [0.15, 0.2) is 0 Å². The van der Waals surface area contributed by atoms with E-state index in [0.29, 0.717) is 28.6 Å². The van der Waals surface area contributed by atoms with Gasteiger partial charge in [0.1, 0.15) is 23.0 Å². The van der Waals surface area contributed by atoms with Crippen molar-refractivity contribution in [2.75, 3.05) is 24.9 Å². The van der Waals surface area contributed by atoms with Crippen LogP contribution < -0.4 is 20.1 Å². The summed E-state index contributed by atoms with van der Waals surface area (Å²) >= 11 is 0. The van der Waals surface area contributed by atoms with Crippen molar-refractivity contribution in [1.82, 2.24) is 9.97 Å². The zero-order valence-electron chi connectivity index (χ0n) is 15.6. The van der Waals surface area contributed by atoms with Crippen LogP contribution in [0.5, 0.6) is 11.5 Å². The van der Waals surface area contributed by atoms with Crippen molar-refractivity contribution in [2.45, 2.75) is 6.92 Å². The number of methoxy groups -OCH3 is 2. The summed E-state index contributed by atoms with van der Waals surface area (Å²) in [6.45, 7) is 1.74. The van der Waals surface area contributed by atoms with E-state index in [-0.39, 0.29) is 11.6 Å². The Balaban J connectivity index is 1.86. The van der Waals surface area contributed by atoms with Crippen LogP contribution in [0.2, 0.25) is 0 Å². The number of hydrogen-bond acceptors (Lipinski definition) is 6. The first-order valence-electron chi connectivity index (χ1n) is 8.40. The van der Waals surface area contributed by atoms with Gasteiger partial charge in [-0.2, -0.15) is 0 Å². The molecule has 144 valence electrons. The lowest BCUT2D eigenvalue weighted by molar-refractivity contribution is 0.102. The summed E-state index contributed by atoms with van der Waals surface area (Å²) in [7, 11) is 3.10. The highest BCUT2D eigenvalue weighted by atomic mass is 19.1. The molecule has 2 aromatic carbocycles. The molecule has 1 heterocycles. The topological polar surface area (TPSA) is 85.4 Å². The Kier molecular flexibility index (Phi) is 5.69. The molecule has 0 aliphatic heterocycles. The van der Waals surface area contributed by atoms with Gasteiger partial charge in [-0.1, -0.05) is 6.07 Å². The number of ether oxygens (including phenoxy) is 2. The van der Waals surface area contributed by atoms with Gasteiger partial charge >= 0.3 is 0 Å². The normalized spacial score (nSPS) is 10.3. The second-order valence-corrected chi connectivity index (χ2v) is 5.87. The fourth-order valence-electron chi connectivity index (χ4n) is 2.53. The van der Waals surface area contributed by atoms with Crippen LogP contribution in [0.4, 0.5) is 21.7 Å². The Bertz CT molecular complexity index is 1010. The van der Waals surface area contributed by atoms with E-state index in [9.17, 15) is 9.18 Å². The SMILES string of the molecule is COc1ccc(OC)c(Nc2nc(C)cc(C(=O)Nc3cccc(F)c3)n2)c1. The van der Waals surface area contributed by atoms with E-state index < -0.39 is 11.7 Å². The Labute approximate surface area is 161 Å². The van der Waals surface area contributed by atoms with Crippen LogP contribution in [0.25, 0.3) is 0 Å². The van der Waals surface area contributed by atoms with Crippen LogP contribution >= 0.6 is 0 Å². The van der Waals surface area contributed by atoms with Crippen LogP contribution in [-0.2, 0) is 0 Å². The van der Waals surface area contributed by atoms with Gasteiger partial charge in [0.05, 0.1) is 19.9 Å². The number of halogens is 1. The minimum absolute atomic E-state index is 0.140. The zero-order chi connectivity index (χ0) is 20.1. The van der Waals surface area contributed by atoms with Crippen LogP contribution in [0.1, 0.15) is 16.2 Å². The molecule has 3 aromatic rings. The quantitative estimate of drug-likeness (QED) is 0.672. The zero-order valence-corrected chi connectivity index (χ0v) is 15.6. The average molecular weight is 382 g/mol. The van der Waals surface area contributed by atoms with E-state index in [0.717, 1.165) is 0 Å². The minimum atomic E-state index is -0.475. The summed E-state index contributed by atoms with van der Waals surface area (Å²) in [4.78, 5) is 21.1. The van der Waals surface area contributed by atoms with Crippen molar-refractivity contribution in [2.24, 2.45) is 0 Å². The molecule has 0 unspecified atom stereocenters. The molecule has 1 amide bonds. The molecule has 2 N–H and O–H groups in total. The number of carbonyl (C=O) groups excluding carboxylic acids is 1. The highest BCUT2D eigenvalue weighted by molar-refractivity contribution is 6.03. The van der Waals surface area contributed by atoms with Crippen molar-refractivity contribution < 1.29 is 18.7 Å². The first-order valence-corrected chi connectivity index (χ1v) is 8.40. The molecule has 7 nitrogen and oxygen atoms in total. The number of aromatic nitrogens is 2. The van der Waals surface area contributed by atoms with Crippen molar-refractivity contribution in [1.29, 1.82) is 0 Å². The molecule has 1 aromatic heterocycles. The molecule has 0 atom stereocenters. The largest absolute Gasteiger partial charge is 0.497 e.